The van der Waals surface area contributed by atoms with Crippen LogP contribution in [0.5, 0.6) is 0 Å². The van der Waals surface area contributed by atoms with Crippen LogP contribution in [0.15, 0.2) is 0 Å². The summed E-state index contributed by atoms with van der Waals surface area (Å²) in [7, 11) is 0. The van der Waals surface area contributed by atoms with Gasteiger partial charge in [-0.25, -0.2) is 0 Å². The van der Waals surface area contributed by atoms with Crippen molar-refractivity contribution in [2.45, 2.75) is 98.8 Å². The zero-order valence-corrected chi connectivity index (χ0v) is 29.4. The Morgan fingerprint density at radius 1 is 0.674 bits per heavy atom. The van der Waals surface area contributed by atoms with Gasteiger partial charge in [-0.2, -0.15) is 0 Å². The number of ether oxygens (including phenoxy) is 4. The molecule has 1 heterocycles. The minimum Gasteiger partial charge on any atom is -0.465 e. The topological polar surface area (TPSA) is 144 Å². The lowest BCUT2D eigenvalue weighted by Gasteiger charge is -2.25. The zero-order chi connectivity index (χ0) is 34.3. The van der Waals surface area contributed by atoms with E-state index in [0.29, 0.717) is 45.4 Å². The molecular formula is C34H63N3O9. The fourth-order valence-electron chi connectivity index (χ4n) is 4.71. The highest BCUT2D eigenvalue weighted by Crippen LogP contribution is 2.18. The number of hydrogen-bond acceptors (Lipinski definition) is 12. The van der Waals surface area contributed by atoms with E-state index in [9.17, 15) is 19.2 Å². The zero-order valence-electron chi connectivity index (χ0n) is 29.4. The highest BCUT2D eigenvalue weighted by molar-refractivity contribution is 5.71. The maximum Gasteiger partial charge on any atom is 0.307 e. The molecule has 1 saturated heterocycles. The van der Waals surface area contributed by atoms with E-state index in [1.165, 1.54) is 25.9 Å². The molecule has 0 radical (unpaired) electrons. The van der Waals surface area contributed by atoms with E-state index >= 15 is 0 Å². The van der Waals surface area contributed by atoms with E-state index < -0.39 is 10.8 Å². The molecule has 12 nitrogen and oxygen atoms in total. The fraction of sp³-hybridized carbons (Fsp3) is 0.882. The number of carbonyl (C=O) groups excluding carboxylic acids is 4. The van der Waals surface area contributed by atoms with Crippen LogP contribution in [0, 0.1) is 10.8 Å². The number of esters is 4. The number of aliphatic hydroxyl groups excluding tert-OH is 1. The molecule has 0 spiro atoms. The van der Waals surface area contributed by atoms with E-state index in [4.69, 9.17) is 24.1 Å². The van der Waals surface area contributed by atoms with Gasteiger partial charge in [0.25, 0.3) is 0 Å². The Bertz CT molecular complexity index is 876. The third-order valence-electron chi connectivity index (χ3n) is 7.71. The van der Waals surface area contributed by atoms with Crippen molar-refractivity contribution in [3.05, 3.63) is 0 Å². The Labute approximate surface area is 277 Å². The standard InChI is InChI=1S/C34H63N3O9/c1-6-29(39)43-25-33(2,3)27-45-31(41)14-22-37(18-8-7-11-24-38)23-15-32(42)46-28-34(4,5)26-44-30(40)13-17-35-16-12-21-36-19-9-10-20-36/h35,38H,6-28H2,1-5H3. The highest BCUT2D eigenvalue weighted by Gasteiger charge is 2.24. The van der Waals surface area contributed by atoms with Gasteiger partial charge in [-0.15, -0.1) is 0 Å². The first-order valence-corrected chi connectivity index (χ1v) is 17.2. The molecule has 46 heavy (non-hydrogen) atoms. The number of likely N-dealkylation sites (tertiary alicyclic amines) is 1. The van der Waals surface area contributed by atoms with Crippen LogP contribution in [0.4, 0.5) is 0 Å². The first-order chi connectivity index (χ1) is 21.9. The van der Waals surface area contributed by atoms with Gasteiger partial charge in [0.05, 0.1) is 45.7 Å². The lowest BCUT2D eigenvalue weighted by molar-refractivity contribution is -0.153. The predicted molar refractivity (Wildman–Crippen MR) is 176 cm³/mol. The lowest BCUT2D eigenvalue weighted by atomic mass is 9.96. The normalized spacial score (nSPS) is 14.0. The van der Waals surface area contributed by atoms with Crippen LogP contribution in [0.25, 0.3) is 0 Å². The fourth-order valence-corrected chi connectivity index (χ4v) is 4.71. The molecule has 1 aliphatic heterocycles. The van der Waals surface area contributed by atoms with Crippen molar-refractivity contribution in [1.29, 1.82) is 0 Å². The van der Waals surface area contributed by atoms with E-state index in [1.54, 1.807) is 6.92 Å². The summed E-state index contributed by atoms with van der Waals surface area (Å²) in [6.45, 7) is 16.4. The molecule has 12 heteroatoms. The van der Waals surface area contributed by atoms with Gasteiger partial charge in [-0.05, 0) is 71.2 Å². The second-order valence-corrected chi connectivity index (χ2v) is 13.9. The summed E-state index contributed by atoms with van der Waals surface area (Å²) in [6.07, 6.45) is 6.93. The van der Waals surface area contributed by atoms with Gasteiger partial charge in [0.15, 0.2) is 0 Å². The molecule has 0 atom stereocenters. The SMILES string of the molecule is CCC(=O)OCC(C)(C)COC(=O)CCN(CCCCCO)CCC(=O)OCC(C)(C)COC(=O)CCNCCCN1CCCC1. The molecule has 0 aromatic carbocycles. The van der Waals surface area contributed by atoms with Gasteiger partial charge >= 0.3 is 23.9 Å². The minimum atomic E-state index is -0.523. The van der Waals surface area contributed by atoms with Crippen molar-refractivity contribution in [1.82, 2.24) is 15.1 Å². The molecule has 1 fully saturated rings. The number of nitrogens with one attached hydrogen (secondary N) is 1. The third-order valence-corrected chi connectivity index (χ3v) is 7.71. The van der Waals surface area contributed by atoms with Crippen molar-refractivity contribution in [3.63, 3.8) is 0 Å². The highest BCUT2D eigenvalue weighted by atomic mass is 16.6. The van der Waals surface area contributed by atoms with Crippen molar-refractivity contribution < 1.29 is 43.2 Å². The Morgan fingerprint density at radius 2 is 1.17 bits per heavy atom. The van der Waals surface area contributed by atoms with E-state index in [0.717, 1.165) is 32.4 Å². The summed E-state index contributed by atoms with van der Waals surface area (Å²) in [4.78, 5) is 53.2. The number of nitrogens with zero attached hydrogens (tertiary/aromatic N) is 2. The third kappa shape index (κ3) is 22.3. The maximum atomic E-state index is 12.6. The van der Waals surface area contributed by atoms with Crippen LogP contribution in [0.3, 0.4) is 0 Å². The second kappa shape index (κ2) is 23.9. The molecule has 0 amide bonds. The average molecular weight is 658 g/mol. The van der Waals surface area contributed by atoms with E-state index in [2.05, 4.69) is 10.2 Å². The van der Waals surface area contributed by atoms with Gasteiger partial charge < -0.3 is 39.2 Å². The quantitative estimate of drug-likeness (QED) is 0.0760. The Balaban J connectivity index is 2.32. The summed E-state index contributed by atoms with van der Waals surface area (Å²) in [5.41, 5.74) is -1.02. The van der Waals surface area contributed by atoms with Crippen molar-refractivity contribution in [3.8, 4) is 0 Å². The van der Waals surface area contributed by atoms with Crippen molar-refractivity contribution in [2.24, 2.45) is 10.8 Å². The van der Waals surface area contributed by atoms with Crippen LogP contribution in [0.2, 0.25) is 0 Å². The number of carbonyl (C=O) groups is 4. The van der Waals surface area contributed by atoms with Crippen molar-refractivity contribution in [2.75, 3.05) is 85.4 Å². The number of rotatable bonds is 27. The van der Waals surface area contributed by atoms with Crippen LogP contribution in [-0.4, -0.2) is 124 Å². The summed E-state index contributed by atoms with van der Waals surface area (Å²) in [6, 6.07) is 0. The van der Waals surface area contributed by atoms with Gasteiger partial charge in [-0.1, -0.05) is 34.6 Å². The summed E-state index contributed by atoms with van der Waals surface area (Å²) in [5, 5.41) is 12.4. The van der Waals surface area contributed by atoms with Crippen LogP contribution >= 0.6 is 0 Å². The summed E-state index contributed by atoms with van der Waals surface area (Å²) in [5.74, 6) is -1.28. The van der Waals surface area contributed by atoms with Gasteiger partial charge in [0.1, 0.15) is 0 Å². The molecule has 0 bridgehead atoms. The van der Waals surface area contributed by atoms with E-state index in [1.807, 2.05) is 32.6 Å². The van der Waals surface area contributed by atoms with Crippen LogP contribution in [-0.2, 0) is 38.1 Å². The summed E-state index contributed by atoms with van der Waals surface area (Å²) >= 11 is 0. The number of unbranched alkanes of at least 4 members (excludes halogenated alkanes) is 2. The monoisotopic (exact) mass is 657 g/mol. The average Bonchev–Trinajstić information content (AvgIpc) is 3.55. The van der Waals surface area contributed by atoms with Crippen molar-refractivity contribution >= 4 is 23.9 Å². The Morgan fingerprint density at radius 3 is 1.67 bits per heavy atom. The molecule has 268 valence electrons. The Kier molecular flexibility index (Phi) is 21.7. The molecule has 0 aromatic heterocycles. The molecule has 0 aromatic rings. The molecule has 0 aliphatic carbocycles. The molecule has 0 saturated carbocycles. The molecule has 2 N–H and O–H groups in total. The van der Waals surface area contributed by atoms with Crippen LogP contribution in [0.1, 0.15) is 98.8 Å². The number of aliphatic hydroxyl groups is 1. The Hall–Kier alpha value is -2.28. The smallest absolute Gasteiger partial charge is 0.307 e. The molecular weight excluding hydrogens is 594 g/mol. The van der Waals surface area contributed by atoms with Gasteiger partial charge in [-0.3, -0.25) is 19.2 Å². The van der Waals surface area contributed by atoms with Gasteiger partial charge in [0.2, 0.25) is 0 Å². The second-order valence-electron chi connectivity index (χ2n) is 13.9. The summed E-state index contributed by atoms with van der Waals surface area (Å²) < 4.78 is 21.6. The van der Waals surface area contributed by atoms with E-state index in [-0.39, 0.29) is 69.8 Å². The minimum absolute atomic E-state index is 0.125. The first kappa shape index (κ1) is 41.7. The van der Waals surface area contributed by atoms with Gasteiger partial charge in [0, 0.05) is 43.5 Å². The molecule has 1 rings (SSSR count). The first-order valence-electron chi connectivity index (χ1n) is 17.2. The molecule has 1 aliphatic rings. The lowest BCUT2D eigenvalue weighted by Crippen LogP contribution is -2.33. The number of hydrogen-bond donors (Lipinski definition) is 2. The maximum absolute atomic E-state index is 12.6. The largest absolute Gasteiger partial charge is 0.465 e. The van der Waals surface area contributed by atoms with Crippen LogP contribution < -0.4 is 5.32 Å². The molecule has 0 unspecified atom stereocenters. The predicted octanol–water partition coefficient (Wildman–Crippen LogP) is 3.33.